The van der Waals surface area contributed by atoms with Crippen molar-refractivity contribution >= 4 is 46.3 Å². The minimum Gasteiger partial charge on any atom is -0.496 e. The van der Waals surface area contributed by atoms with Crippen molar-refractivity contribution in [3.05, 3.63) is 34.7 Å². The molecule has 122 valence electrons. The number of carbonyl (C=O) groups is 2. The van der Waals surface area contributed by atoms with Crippen LogP contribution in [-0.4, -0.2) is 41.9 Å². The molecule has 0 atom stereocenters. The monoisotopic (exact) mass is 351 g/mol. The van der Waals surface area contributed by atoms with Crippen LogP contribution in [0.3, 0.4) is 0 Å². The molecule has 1 aliphatic rings. The van der Waals surface area contributed by atoms with Gasteiger partial charge in [-0.2, -0.15) is 0 Å². The van der Waals surface area contributed by atoms with Gasteiger partial charge in [0, 0.05) is 18.5 Å². The molecular formula is C16H17NO4S2. The van der Waals surface area contributed by atoms with E-state index in [4.69, 9.17) is 17.0 Å². The molecule has 0 radical (unpaired) electrons. The van der Waals surface area contributed by atoms with E-state index in [1.165, 1.54) is 23.8 Å². The summed E-state index contributed by atoms with van der Waals surface area (Å²) >= 11 is 6.52. The van der Waals surface area contributed by atoms with Gasteiger partial charge in [-0.1, -0.05) is 42.2 Å². The number of esters is 1. The summed E-state index contributed by atoms with van der Waals surface area (Å²) in [6.07, 6.45) is 2.55. The molecule has 1 fully saturated rings. The zero-order valence-corrected chi connectivity index (χ0v) is 14.5. The summed E-state index contributed by atoms with van der Waals surface area (Å²) in [6.45, 7) is 0.406. The highest BCUT2D eigenvalue weighted by Crippen LogP contribution is 2.34. The molecular weight excluding hydrogens is 334 g/mol. The maximum atomic E-state index is 12.5. The Morgan fingerprint density at radius 1 is 1.35 bits per heavy atom. The summed E-state index contributed by atoms with van der Waals surface area (Å²) < 4.78 is 10.4. The smallest absolute Gasteiger partial charge is 0.305 e. The van der Waals surface area contributed by atoms with E-state index in [1.807, 2.05) is 24.3 Å². The predicted molar refractivity (Wildman–Crippen MR) is 94.1 cm³/mol. The van der Waals surface area contributed by atoms with E-state index in [0.717, 1.165) is 5.56 Å². The van der Waals surface area contributed by atoms with Crippen molar-refractivity contribution in [2.75, 3.05) is 20.8 Å². The van der Waals surface area contributed by atoms with Gasteiger partial charge in [0.1, 0.15) is 10.1 Å². The Bertz CT molecular complexity index is 657. The molecule has 0 aliphatic carbocycles. The summed E-state index contributed by atoms with van der Waals surface area (Å²) in [4.78, 5) is 25.7. The Kier molecular flexibility index (Phi) is 6.18. The van der Waals surface area contributed by atoms with Crippen LogP contribution in [-0.2, 0) is 14.3 Å². The molecule has 0 aromatic heterocycles. The fraction of sp³-hybridized carbons (Fsp3) is 0.312. The number of amides is 1. The quantitative estimate of drug-likeness (QED) is 0.446. The largest absolute Gasteiger partial charge is 0.496 e. The van der Waals surface area contributed by atoms with Gasteiger partial charge in [-0.05, 0) is 18.6 Å². The van der Waals surface area contributed by atoms with Crippen LogP contribution in [0.1, 0.15) is 18.4 Å². The van der Waals surface area contributed by atoms with Crippen molar-refractivity contribution in [1.82, 2.24) is 4.90 Å². The number of rotatable bonds is 6. The molecule has 5 nitrogen and oxygen atoms in total. The first-order valence-electron chi connectivity index (χ1n) is 7.02. The van der Waals surface area contributed by atoms with Crippen LogP contribution in [0.25, 0.3) is 6.08 Å². The van der Waals surface area contributed by atoms with Gasteiger partial charge in [0.25, 0.3) is 5.91 Å². The molecule has 1 amide bonds. The average molecular weight is 351 g/mol. The van der Waals surface area contributed by atoms with Crippen LogP contribution in [0.4, 0.5) is 0 Å². The Morgan fingerprint density at radius 3 is 2.78 bits per heavy atom. The Balaban J connectivity index is 2.08. The molecule has 0 saturated carbocycles. The second-order valence-corrected chi connectivity index (χ2v) is 6.43. The van der Waals surface area contributed by atoms with Gasteiger partial charge in [0.05, 0.1) is 19.1 Å². The van der Waals surface area contributed by atoms with Crippen LogP contribution in [0, 0.1) is 0 Å². The molecule has 0 N–H and O–H groups in total. The van der Waals surface area contributed by atoms with E-state index in [2.05, 4.69) is 4.74 Å². The fourth-order valence-corrected chi connectivity index (χ4v) is 3.40. The van der Waals surface area contributed by atoms with Gasteiger partial charge >= 0.3 is 5.97 Å². The Labute approximate surface area is 144 Å². The number of methoxy groups -OCH3 is 2. The molecule has 0 unspecified atom stereocenters. The summed E-state index contributed by atoms with van der Waals surface area (Å²) in [5.74, 6) is 0.263. The lowest BCUT2D eigenvalue weighted by atomic mass is 10.2. The second-order valence-electron chi connectivity index (χ2n) is 4.75. The maximum absolute atomic E-state index is 12.5. The lowest BCUT2D eigenvalue weighted by Crippen LogP contribution is -2.29. The normalized spacial score (nSPS) is 16.1. The van der Waals surface area contributed by atoms with Crippen LogP contribution >= 0.6 is 24.0 Å². The highest BCUT2D eigenvalue weighted by atomic mass is 32.2. The number of ether oxygens (including phenoxy) is 2. The Hall–Kier alpha value is -1.86. The third kappa shape index (κ3) is 4.33. The van der Waals surface area contributed by atoms with Crippen LogP contribution in [0.15, 0.2) is 29.2 Å². The van der Waals surface area contributed by atoms with Gasteiger partial charge in [0.2, 0.25) is 0 Å². The summed E-state index contributed by atoms with van der Waals surface area (Å²) in [7, 11) is 2.93. The highest BCUT2D eigenvalue weighted by molar-refractivity contribution is 8.26. The van der Waals surface area contributed by atoms with Crippen molar-refractivity contribution in [2.45, 2.75) is 12.8 Å². The first kappa shape index (κ1) is 17.5. The fourth-order valence-electron chi connectivity index (χ4n) is 2.10. The molecule has 23 heavy (non-hydrogen) atoms. The van der Waals surface area contributed by atoms with Crippen molar-refractivity contribution in [2.24, 2.45) is 0 Å². The number of para-hydroxylation sites is 1. The number of hydrogen-bond donors (Lipinski definition) is 0. The van der Waals surface area contributed by atoms with Gasteiger partial charge in [-0.25, -0.2) is 0 Å². The second kappa shape index (κ2) is 8.12. The van der Waals surface area contributed by atoms with E-state index in [1.54, 1.807) is 13.2 Å². The topological polar surface area (TPSA) is 55.8 Å². The van der Waals surface area contributed by atoms with Crippen molar-refractivity contribution in [3.63, 3.8) is 0 Å². The molecule has 7 heteroatoms. The zero-order valence-electron chi connectivity index (χ0n) is 12.9. The lowest BCUT2D eigenvalue weighted by Gasteiger charge is -2.13. The van der Waals surface area contributed by atoms with Gasteiger partial charge in [0.15, 0.2) is 0 Å². The molecule has 0 spiro atoms. The Morgan fingerprint density at radius 2 is 2.09 bits per heavy atom. The molecule has 1 aromatic carbocycles. The minimum absolute atomic E-state index is 0.143. The molecule has 0 bridgehead atoms. The summed E-state index contributed by atoms with van der Waals surface area (Å²) in [5.41, 5.74) is 0.824. The van der Waals surface area contributed by atoms with Gasteiger partial charge < -0.3 is 9.47 Å². The van der Waals surface area contributed by atoms with Crippen LogP contribution < -0.4 is 4.74 Å². The van der Waals surface area contributed by atoms with Crippen LogP contribution in [0.5, 0.6) is 5.75 Å². The number of thioether (sulfide) groups is 1. The van der Waals surface area contributed by atoms with E-state index in [0.29, 0.717) is 27.9 Å². The molecule has 1 saturated heterocycles. The predicted octanol–water partition coefficient (Wildman–Crippen LogP) is 2.85. The van der Waals surface area contributed by atoms with E-state index in [-0.39, 0.29) is 18.3 Å². The third-order valence-corrected chi connectivity index (χ3v) is 4.67. The van der Waals surface area contributed by atoms with Gasteiger partial charge in [-0.15, -0.1) is 0 Å². The van der Waals surface area contributed by atoms with Crippen molar-refractivity contribution in [3.8, 4) is 5.75 Å². The lowest BCUT2D eigenvalue weighted by molar-refractivity contribution is -0.141. The standard InChI is InChI=1S/C16H17NO4S2/c1-20-12-7-4-3-6-11(12)10-13-15(19)17(16(22)23-13)9-5-8-14(18)21-2/h3-4,6-7,10H,5,8-9H2,1-2H3/b13-10-. The SMILES string of the molecule is COC(=O)CCCN1C(=O)/C(=C/c2ccccc2OC)SC1=S. The van der Waals surface area contributed by atoms with Crippen LogP contribution in [0.2, 0.25) is 0 Å². The number of benzene rings is 1. The maximum Gasteiger partial charge on any atom is 0.305 e. The number of carbonyl (C=O) groups excluding carboxylic acids is 2. The van der Waals surface area contributed by atoms with E-state index >= 15 is 0 Å². The average Bonchev–Trinajstić information content (AvgIpc) is 2.82. The molecule has 1 aromatic rings. The highest BCUT2D eigenvalue weighted by Gasteiger charge is 2.31. The summed E-state index contributed by atoms with van der Waals surface area (Å²) in [5, 5.41) is 0. The first-order chi connectivity index (χ1) is 11.1. The van der Waals surface area contributed by atoms with E-state index < -0.39 is 0 Å². The van der Waals surface area contributed by atoms with Gasteiger partial charge in [-0.3, -0.25) is 14.5 Å². The van der Waals surface area contributed by atoms with Crippen molar-refractivity contribution in [1.29, 1.82) is 0 Å². The number of nitrogens with zero attached hydrogens (tertiary/aromatic N) is 1. The third-order valence-electron chi connectivity index (χ3n) is 3.29. The minimum atomic E-state index is -0.292. The number of hydrogen-bond acceptors (Lipinski definition) is 6. The first-order valence-corrected chi connectivity index (χ1v) is 8.24. The molecule has 1 heterocycles. The molecule has 1 aliphatic heterocycles. The number of thiocarbonyl (C=S) groups is 1. The van der Waals surface area contributed by atoms with Crippen molar-refractivity contribution < 1.29 is 19.1 Å². The molecule has 2 rings (SSSR count). The summed E-state index contributed by atoms with van der Waals surface area (Å²) in [6, 6.07) is 7.46. The zero-order chi connectivity index (χ0) is 16.8. The van der Waals surface area contributed by atoms with E-state index in [9.17, 15) is 9.59 Å².